The molecule has 0 aromatic carbocycles. The van der Waals surface area contributed by atoms with E-state index in [-0.39, 0.29) is 6.10 Å². The van der Waals surface area contributed by atoms with E-state index in [4.69, 9.17) is 24.7 Å². The lowest BCUT2D eigenvalue weighted by molar-refractivity contribution is -0.0148. The topological polar surface area (TPSA) is 75.8 Å². The molecule has 20 heavy (non-hydrogen) atoms. The van der Waals surface area contributed by atoms with Crippen LogP contribution in [0.2, 0.25) is 0 Å². The lowest BCUT2D eigenvalue weighted by Gasteiger charge is -2.16. The number of aromatic nitrogens is 1. The quantitative estimate of drug-likeness (QED) is 0.572. The number of hydrogen-bond acceptors (Lipinski definition) is 6. The highest BCUT2D eigenvalue weighted by Gasteiger charge is 2.09. The average Bonchev–Trinajstić information content (AvgIpc) is 2.50. The molecule has 0 bridgehead atoms. The van der Waals surface area contributed by atoms with Crippen molar-refractivity contribution in [3.63, 3.8) is 0 Å². The molecule has 0 aliphatic heterocycles. The zero-order chi connectivity index (χ0) is 14.5. The summed E-state index contributed by atoms with van der Waals surface area (Å²) in [4.78, 5) is 4.05. The van der Waals surface area contributed by atoms with Crippen LogP contribution in [0.4, 0.5) is 0 Å². The maximum atomic E-state index is 5.69. The Hall–Kier alpha value is -1.05. The molecule has 6 nitrogen and oxygen atoms in total. The Morgan fingerprint density at radius 2 is 1.80 bits per heavy atom. The molecule has 0 saturated carbocycles. The molecule has 0 radical (unpaired) electrons. The highest BCUT2D eigenvalue weighted by atomic mass is 16.6. The average molecular weight is 284 g/mol. The van der Waals surface area contributed by atoms with Crippen LogP contribution in [0.1, 0.15) is 11.7 Å². The van der Waals surface area contributed by atoms with Gasteiger partial charge in [0.15, 0.2) is 0 Å². The van der Waals surface area contributed by atoms with Crippen LogP contribution in [-0.4, -0.2) is 58.3 Å². The van der Waals surface area contributed by atoms with Gasteiger partial charge in [-0.3, -0.25) is 4.98 Å². The van der Waals surface area contributed by atoms with Gasteiger partial charge < -0.3 is 24.7 Å². The first-order chi connectivity index (χ1) is 9.88. The van der Waals surface area contributed by atoms with E-state index in [1.807, 2.05) is 12.1 Å². The van der Waals surface area contributed by atoms with Gasteiger partial charge in [-0.25, -0.2) is 0 Å². The lowest BCUT2D eigenvalue weighted by atomic mass is 10.2. The summed E-state index contributed by atoms with van der Waals surface area (Å²) in [7, 11) is 1.65. The molecule has 6 heteroatoms. The molecular formula is C14H24N2O4. The van der Waals surface area contributed by atoms with Gasteiger partial charge in [0.05, 0.1) is 45.7 Å². The molecule has 2 N–H and O–H groups in total. The highest BCUT2D eigenvalue weighted by Crippen LogP contribution is 2.13. The lowest BCUT2D eigenvalue weighted by Crippen LogP contribution is -2.19. The first-order valence-electron chi connectivity index (χ1n) is 6.74. The molecule has 1 aromatic rings. The van der Waals surface area contributed by atoms with Gasteiger partial charge in [-0.1, -0.05) is 6.07 Å². The van der Waals surface area contributed by atoms with E-state index in [1.165, 1.54) is 0 Å². The molecule has 0 aliphatic rings. The molecule has 1 atom stereocenters. The number of pyridine rings is 1. The van der Waals surface area contributed by atoms with Gasteiger partial charge in [0, 0.05) is 31.6 Å². The summed E-state index contributed by atoms with van der Waals surface area (Å²) in [5.74, 6) is 0. The maximum absolute atomic E-state index is 5.69. The molecule has 0 fully saturated rings. The van der Waals surface area contributed by atoms with Gasteiger partial charge in [0.1, 0.15) is 0 Å². The van der Waals surface area contributed by atoms with Crippen molar-refractivity contribution in [3.05, 3.63) is 30.1 Å². The summed E-state index contributed by atoms with van der Waals surface area (Å²) in [6.07, 6.45) is 3.36. The van der Waals surface area contributed by atoms with Crippen LogP contribution in [0.15, 0.2) is 24.5 Å². The van der Waals surface area contributed by atoms with Crippen molar-refractivity contribution in [1.29, 1.82) is 0 Å². The minimum atomic E-state index is -0.134. The molecular weight excluding hydrogens is 260 g/mol. The van der Waals surface area contributed by atoms with Crippen LogP contribution < -0.4 is 5.73 Å². The van der Waals surface area contributed by atoms with Crippen molar-refractivity contribution in [2.75, 3.05) is 53.3 Å². The third-order valence-corrected chi connectivity index (χ3v) is 2.62. The van der Waals surface area contributed by atoms with Crippen LogP contribution >= 0.6 is 0 Å². The summed E-state index contributed by atoms with van der Waals surface area (Å²) < 4.78 is 21.2. The smallest absolute Gasteiger partial charge is 0.0963 e. The zero-order valence-corrected chi connectivity index (χ0v) is 12.0. The normalized spacial score (nSPS) is 12.5. The van der Waals surface area contributed by atoms with Crippen molar-refractivity contribution in [2.45, 2.75) is 6.10 Å². The Labute approximate surface area is 120 Å². The van der Waals surface area contributed by atoms with Crippen molar-refractivity contribution in [1.82, 2.24) is 4.98 Å². The Morgan fingerprint density at radius 3 is 2.40 bits per heavy atom. The van der Waals surface area contributed by atoms with E-state index in [0.717, 1.165) is 5.56 Å². The van der Waals surface area contributed by atoms with Crippen molar-refractivity contribution in [3.8, 4) is 0 Å². The third-order valence-electron chi connectivity index (χ3n) is 2.62. The van der Waals surface area contributed by atoms with Crippen LogP contribution in [0.3, 0.4) is 0 Å². The monoisotopic (exact) mass is 284 g/mol. The Bertz CT molecular complexity index is 324. The fourth-order valence-electron chi connectivity index (χ4n) is 1.58. The number of hydrogen-bond donors (Lipinski definition) is 1. The Balaban J connectivity index is 2.02. The van der Waals surface area contributed by atoms with E-state index in [2.05, 4.69) is 4.98 Å². The highest BCUT2D eigenvalue weighted by molar-refractivity contribution is 5.12. The summed E-state index contributed by atoms with van der Waals surface area (Å²) in [6, 6.07) is 3.82. The SMILES string of the molecule is COCCOCCOCCOC(CN)c1cccnc1. The van der Waals surface area contributed by atoms with Crippen LogP contribution in [0.5, 0.6) is 0 Å². The predicted octanol–water partition coefficient (Wildman–Crippen LogP) is 0.778. The van der Waals surface area contributed by atoms with Crippen LogP contribution in [0.25, 0.3) is 0 Å². The van der Waals surface area contributed by atoms with Crippen molar-refractivity contribution < 1.29 is 18.9 Å². The third kappa shape index (κ3) is 7.52. The Morgan fingerprint density at radius 1 is 1.10 bits per heavy atom. The number of rotatable bonds is 12. The molecule has 114 valence electrons. The predicted molar refractivity (Wildman–Crippen MR) is 75.5 cm³/mol. The van der Waals surface area contributed by atoms with Crippen LogP contribution in [0, 0.1) is 0 Å². The van der Waals surface area contributed by atoms with E-state index < -0.39 is 0 Å². The largest absolute Gasteiger partial charge is 0.382 e. The second kappa shape index (κ2) is 11.7. The molecule has 1 unspecified atom stereocenters. The molecule has 0 amide bonds. The summed E-state index contributed by atoms with van der Waals surface area (Å²) in [5, 5.41) is 0. The minimum Gasteiger partial charge on any atom is -0.382 e. The first-order valence-corrected chi connectivity index (χ1v) is 6.74. The van der Waals surface area contributed by atoms with Crippen molar-refractivity contribution in [2.24, 2.45) is 5.73 Å². The standard InChI is InChI=1S/C14H24N2O4/c1-17-5-6-18-7-8-19-9-10-20-14(11-15)13-3-2-4-16-12-13/h2-4,12,14H,5-11,15H2,1H3. The van der Waals surface area contributed by atoms with E-state index in [1.54, 1.807) is 19.5 Å². The number of nitrogens with zero attached hydrogens (tertiary/aromatic N) is 1. The van der Waals surface area contributed by atoms with Crippen molar-refractivity contribution >= 4 is 0 Å². The van der Waals surface area contributed by atoms with Gasteiger partial charge in [0.2, 0.25) is 0 Å². The van der Waals surface area contributed by atoms with Gasteiger partial charge in [-0.15, -0.1) is 0 Å². The van der Waals surface area contributed by atoms with E-state index >= 15 is 0 Å². The molecule has 0 saturated heterocycles. The van der Waals surface area contributed by atoms with Crippen LogP contribution in [-0.2, 0) is 18.9 Å². The fraction of sp³-hybridized carbons (Fsp3) is 0.643. The number of ether oxygens (including phenoxy) is 4. The Kier molecular flexibility index (Phi) is 9.99. The van der Waals surface area contributed by atoms with Gasteiger partial charge in [0.25, 0.3) is 0 Å². The zero-order valence-electron chi connectivity index (χ0n) is 12.0. The summed E-state index contributed by atoms with van der Waals surface area (Å²) in [5.41, 5.74) is 6.67. The van der Waals surface area contributed by atoms with E-state index in [9.17, 15) is 0 Å². The van der Waals surface area contributed by atoms with Gasteiger partial charge in [-0.05, 0) is 6.07 Å². The van der Waals surface area contributed by atoms with E-state index in [0.29, 0.717) is 46.2 Å². The molecule has 0 aliphatic carbocycles. The first kappa shape index (κ1) is 17.0. The fourth-order valence-corrected chi connectivity index (χ4v) is 1.58. The maximum Gasteiger partial charge on any atom is 0.0963 e. The second-order valence-electron chi connectivity index (χ2n) is 4.10. The molecule has 0 spiro atoms. The number of nitrogens with two attached hydrogens (primary N) is 1. The minimum absolute atomic E-state index is 0.134. The second-order valence-corrected chi connectivity index (χ2v) is 4.10. The molecule has 1 aromatic heterocycles. The van der Waals surface area contributed by atoms with Gasteiger partial charge in [-0.2, -0.15) is 0 Å². The summed E-state index contributed by atoms with van der Waals surface area (Å²) >= 11 is 0. The molecule has 1 rings (SSSR count). The number of methoxy groups -OCH3 is 1. The van der Waals surface area contributed by atoms with Gasteiger partial charge >= 0.3 is 0 Å². The summed E-state index contributed by atoms with van der Waals surface area (Å²) in [6.45, 7) is 3.74. The molecule has 1 heterocycles.